The van der Waals surface area contributed by atoms with Crippen LogP contribution < -0.4 is 9.47 Å². The molecule has 0 unspecified atom stereocenters. The van der Waals surface area contributed by atoms with Gasteiger partial charge in [0, 0.05) is 6.07 Å². The van der Waals surface area contributed by atoms with E-state index in [-0.39, 0.29) is 22.8 Å². The molecule has 31 heavy (non-hydrogen) atoms. The first kappa shape index (κ1) is 21.8. The number of aromatic nitrogens is 2. The van der Waals surface area contributed by atoms with E-state index in [4.69, 9.17) is 9.47 Å². The zero-order valence-corrected chi connectivity index (χ0v) is 17.6. The fraction of sp³-hybridized carbons (Fsp3) is 0.304. The first-order valence-corrected chi connectivity index (χ1v) is 10.1. The summed E-state index contributed by atoms with van der Waals surface area (Å²) in [6, 6.07) is 12.5. The van der Waals surface area contributed by atoms with Gasteiger partial charge >= 0.3 is 5.69 Å². The standard InChI is InChI=1S/C23H24N4O4/c1-3-4-5-8-11-31-22-20(27(28)29)13-16(14-21(22)30-2)12-17(15-24)23-25-18-9-6-7-10-19(18)26-23/h6-7,9-10,12-14H,3-5,8,11H2,1-2H3,(H,25,26)/b17-12-. The molecule has 0 bridgehead atoms. The number of ether oxygens (including phenoxy) is 2. The number of H-pyrrole nitrogens is 1. The lowest BCUT2D eigenvalue weighted by molar-refractivity contribution is -0.386. The van der Waals surface area contributed by atoms with Gasteiger partial charge in [-0.25, -0.2) is 4.98 Å². The largest absolute Gasteiger partial charge is 0.493 e. The van der Waals surface area contributed by atoms with Gasteiger partial charge in [-0.3, -0.25) is 10.1 Å². The number of nitrogens with zero attached hydrogens (tertiary/aromatic N) is 3. The summed E-state index contributed by atoms with van der Waals surface area (Å²) in [6.45, 7) is 2.48. The SMILES string of the molecule is CCCCCCOc1c(OC)cc(/C=C(/C#N)c2nc3ccccc3[nH]2)cc1[N+](=O)[O-]. The summed E-state index contributed by atoms with van der Waals surface area (Å²) in [4.78, 5) is 18.7. The minimum atomic E-state index is -0.505. The molecule has 0 aliphatic heterocycles. The maximum atomic E-state index is 11.7. The van der Waals surface area contributed by atoms with Crippen LogP contribution in [0.25, 0.3) is 22.7 Å². The highest BCUT2D eigenvalue weighted by atomic mass is 16.6. The number of rotatable bonds is 10. The van der Waals surface area contributed by atoms with E-state index in [2.05, 4.69) is 23.0 Å². The molecule has 1 aromatic heterocycles. The van der Waals surface area contributed by atoms with Crippen molar-refractivity contribution in [3.8, 4) is 17.6 Å². The Kier molecular flexibility index (Phi) is 7.22. The first-order valence-electron chi connectivity index (χ1n) is 10.1. The van der Waals surface area contributed by atoms with E-state index >= 15 is 0 Å². The van der Waals surface area contributed by atoms with Gasteiger partial charge in [0.25, 0.3) is 0 Å². The molecule has 1 N–H and O–H groups in total. The average Bonchev–Trinajstić information content (AvgIpc) is 3.21. The fourth-order valence-electron chi connectivity index (χ4n) is 3.23. The number of allylic oxidation sites excluding steroid dienone is 1. The van der Waals surface area contributed by atoms with Gasteiger partial charge in [0.15, 0.2) is 5.75 Å². The van der Waals surface area contributed by atoms with E-state index < -0.39 is 4.92 Å². The molecule has 0 atom stereocenters. The number of methoxy groups -OCH3 is 1. The van der Waals surface area contributed by atoms with Crippen molar-refractivity contribution in [2.75, 3.05) is 13.7 Å². The highest BCUT2D eigenvalue weighted by Crippen LogP contribution is 2.39. The molecule has 0 aliphatic rings. The number of hydrogen-bond donors (Lipinski definition) is 1. The lowest BCUT2D eigenvalue weighted by Gasteiger charge is -2.12. The van der Waals surface area contributed by atoms with E-state index in [1.807, 2.05) is 24.3 Å². The number of unbranched alkanes of at least 4 members (excludes halogenated alkanes) is 3. The number of para-hydroxylation sites is 2. The van der Waals surface area contributed by atoms with Crippen LogP contribution in [-0.4, -0.2) is 28.6 Å². The lowest BCUT2D eigenvalue weighted by atomic mass is 10.1. The molecular weight excluding hydrogens is 396 g/mol. The third-order valence-corrected chi connectivity index (χ3v) is 4.79. The Hall–Kier alpha value is -3.86. The van der Waals surface area contributed by atoms with Crippen molar-refractivity contribution in [1.82, 2.24) is 9.97 Å². The third kappa shape index (κ3) is 5.20. The van der Waals surface area contributed by atoms with Crippen molar-refractivity contribution in [2.24, 2.45) is 0 Å². The molecule has 0 spiro atoms. The molecule has 2 aromatic carbocycles. The van der Waals surface area contributed by atoms with Crippen LogP contribution in [0.15, 0.2) is 36.4 Å². The Morgan fingerprint density at radius 3 is 2.77 bits per heavy atom. The highest BCUT2D eigenvalue weighted by Gasteiger charge is 2.22. The molecule has 0 aliphatic carbocycles. The summed E-state index contributed by atoms with van der Waals surface area (Å²) in [5, 5.41) is 21.3. The quantitative estimate of drug-likeness (QED) is 0.200. The maximum Gasteiger partial charge on any atom is 0.315 e. The smallest absolute Gasteiger partial charge is 0.315 e. The van der Waals surface area contributed by atoms with Gasteiger partial charge < -0.3 is 14.5 Å². The monoisotopic (exact) mass is 420 g/mol. The molecule has 3 aromatic rings. The number of benzene rings is 2. The van der Waals surface area contributed by atoms with Crippen LogP contribution in [0.1, 0.15) is 44.0 Å². The van der Waals surface area contributed by atoms with Crippen LogP contribution in [0.3, 0.4) is 0 Å². The Labute approximate surface area is 180 Å². The van der Waals surface area contributed by atoms with Gasteiger partial charge in [-0.15, -0.1) is 0 Å². The number of nitro groups is 1. The van der Waals surface area contributed by atoms with Crippen LogP contribution in [0.5, 0.6) is 11.5 Å². The number of imidazole rings is 1. The average molecular weight is 420 g/mol. The predicted molar refractivity (Wildman–Crippen MR) is 119 cm³/mol. The van der Waals surface area contributed by atoms with Crippen LogP contribution in [0.4, 0.5) is 5.69 Å². The van der Waals surface area contributed by atoms with Crippen LogP contribution in [-0.2, 0) is 0 Å². The van der Waals surface area contributed by atoms with Gasteiger partial charge in [-0.05, 0) is 36.3 Å². The number of nitro benzene ring substituents is 1. The van der Waals surface area contributed by atoms with Gasteiger partial charge in [-0.1, -0.05) is 38.3 Å². The van der Waals surface area contributed by atoms with Crippen molar-refractivity contribution >= 4 is 28.4 Å². The molecule has 8 heteroatoms. The molecule has 8 nitrogen and oxygen atoms in total. The van der Waals surface area contributed by atoms with Crippen molar-refractivity contribution < 1.29 is 14.4 Å². The van der Waals surface area contributed by atoms with Crippen molar-refractivity contribution in [2.45, 2.75) is 32.6 Å². The van der Waals surface area contributed by atoms with Gasteiger partial charge in [0.2, 0.25) is 5.75 Å². The predicted octanol–water partition coefficient (Wildman–Crippen LogP) is 5.50. The second-order valence-electron chi connectivity index (χ2n) is 7.01. The summed E-state index contributed by atoms with van der Waals surface area (Å²) < 4.78 is 11.1. The minimum absolute atomic E-state index is 0.100. The first-order chi connectivity index (χ1) is 15.1. The number of fused-ring (bicyclic) bond motifs is 1. The summed E-state index contributed by atoms with van der Waals surface area (Å²) in [7, 11) is 1.43. The second-order valence-corrected chi connectivity index (χ2v) is 7.01. The zero-order chi connectivity index (χ0) is 22.2. The molecule has 0 saturated carbocycles. The third-order valence-electron chi connectivity index (χ3n) is 4.79. The Bertz CT molecular complexity index is 1110. The highest BCUT2D eigenvalue weighted by molar-refractivity contribution is 5.91. The zero-order valence-electron chi connectivity index (χ0n) is 17.6. The molecule has 0 saturated heterocycles. The number of aromatic amines is 1. The van der Waals surface area contributed by atoms with Crippen molar-refractivity contribution in [3.05, 3.63) is 57.9 Å². The van der Waals surface area contributed by atoms with E-state index in [0.29, 0.717) is 18.0 Å². The maximum absolute atomic E-state index is 11.7. The van der Waals surface area contributed by atoms with Crippen LogP contribution in [0.2, 0.25) is 0 Å². The lowest BCUT2D eigenvalue weighted by Crippen LogP contribution is -2.03. The summed E-state index contributed by atoms with van der Waals surface area (Å²) in [5.41, 5.74) is 2.02. The Morgan fingerprint density at radius 2 is 2.10 bits per heavy atom. The Balaban J connectivity index is 1.95. The molecule has 0 fully saturated rings. The summed E-state index contributed by atoms with van der Waals surface area (Å²) in [5.74, 6) is 0.739. The number of nitriles is 1. The van der Waals surface area contributed by atoms with Crippen molar-refractivity contribution in [3.63, 3.8) is 0 Å². The molecule has 0 amide bonds. The molecular formula is C23H24N4O4. The van der Waals surface area contributed by atoms with Crippen molar-refractivity contribution in [1.29, 1.82) is 5.26 Å². The van der Waals surface area contributed by atoms with Crippen LogP contribution in [0, 0.1) is 21.4 Å². The molecule has 1 heterocycles. The van der Waals surface area contributed by atoms with Gasteiger partial charge in [0.05, 0.1) is 35.2 Å². The van der Waals surface area contributed by atoms with Gasteiger partial charge in [-0.2, -0.15) is 5.26 Å². The van der Waals surface area contributed by atoms with Crippen LogP contribution >= 0.6 is 0 Å². The normalized spacial score (nSPS) is 11.3. The van der Waals surface area contributed by atoms with E-state index in [0.717, 1.165) is 36.7 Å². The minimum Gasteiger partial charge on any atom is -0.493 e. The number of hydrogen-bond acceptors (Lipinski definition) is 6. The van der Waals surface area contributed by atoms with E-state index in [1.165, 1.54) is 19.3 Å². The van der Waals surface area contributed by atoms with E-state index in [9.17, 15) is 15.4 Å². The molecule has 3 rings (SSSR count). The molecule has 0 radical (unpaired) electrons. The fourth-order valence-corrected chi connectivity index (χ4v) is 3.23. The molecule has 160 valence electrons. The van der Waals surface area contributed by atoms with E-state index in [1.54, 1.807) is 6.07 Å². The topological polar surface area (TPSA) is 114 Å². The second kappa shape index (κ2) is 10.3. The number of nitrogens with one attached hydrogen (secondary N) is 1. The van der Waals surface area contributed by atoms with Gasteiger partial charge in [0.1, 0.15) is 11.9 Å². The summed E-state index contributed by atoms with van der Waals surface area (Å²) >= 11 is 0. The Morgan fingerprint density at radius 1 is 1.29 bits per heavy atom. The summed E-state index contributed by atoms with van der Waals surface area (Å²) in [6.07, 6.45) is 5.52.